The molecule has 0 saturated heterocycles. The molecule has 0 aliphatic rings. The van der Waals surface area contributed by atoms with E-state index in [-0.39, 0.29) is 10.1 Å². The molecule has 0 spiro atoms. The highest BCUT2D eigenvalue weighted by molar-refractivity contribution is 9.10. The van der Waals surface area contributed by atoms with Gasteiger partial charge in [0.25, 0.3) is 5.22 Å². The molecule has 0 aliphatic carbocycles. The summed E-state index contributed by atoms with van der Waals surface area (Å²) in [6.07, 6.45) is 1.56. The first-order valence-electron chi connectivity index (χ1n) is 6.89. The number of carbonyl (C=O) groups is 1. The number of carboxylic acid groups (broad SMARTS) is 1. The van der Waals surface area contributed by atoms with Gasteiger partial charge in [-0.25, -0.2) is 9.78 Å². The lowest BCUT2D eigenvalue weighted by Crippen LogP contribution is -1.97. The molecular formula is C17H12BrNO4S. The van der Waals surface area contributed by atoms with Crippen molar-refractivity contribution in [3.05, 3.63) is 57.4 Å². The lowest BCUT2D eigenvalue weighted by Gasteiger charge is -2.04. The van der Waals surface area contributed by atoms with Crippen LogP contribution in [0.4, 0.5) is 0 Å². The Hall–Kier alpha value is -2.25. The molecule has 0 bridgehead atoms. The Bertz CT molecular complexity index is 902. The van der Waals surface area contributed by atoms with Crippen LogP contribution in [0.15, 0.2) is 61.5 Å². The highest BCUT2D eigenvalue weighted by atomic mass is 79.9. The van der Waals surface area contributed by atoms with Gasteiger partial charge >= 0.3 is 5.97 Å². The van der Waals surface area contributed by atoms with Gasteiger partial charge in [0.05, 0.1) is 11.6 Å². The number of oxazole rings is 1. The van der Waals surface area contributed by atoms with Crippen LogP contribution in [-0.4, -0.2) is 23.2 Å². The van der Waals surface area contributed by atoms with Gasteiger partial charge in [0.15, 0.2) is 5.58 Å². The Morgan fingerprint density at radius 1 is 1.33 bits per heavy atom. The number of hydrogen-bond donors (Lipinski definition) is 1. The number of aromatic nitrogens is 1. The molecule has 5 nitrogen and oxygen atoms in total. The van der Waals surface area contributed by atoms with Crippen LogP contribution < -0.4 is 4.74 Å². The fourth-order valence-electron chi connectivity index (χ4n) is 2.05. The van der Waals surface area contributed by atoms with Crippen molar-refractivity contribution in [2.24, 2.45) is 0 Å². The Kier molecular flexibility index (Phi) is 4.92. The number of aliphatic carboxylic acids is 1. The summed E-state index contributed by atoms with van der Waals surface area (Å²) >= 11 is 4.36. The van der Waals surface area contributed by atoms with Gasteiger partial charge in [-0.3, -0.25) is 0 Å². The Morgan fingerprint density at radius 3 is 2.79 bits per heavy atom. The minimum atomic E-state index is -1.05. The molecule has 122 valence electrons. The second-order valence-corrected chi connectivity index (χ2v) is 6.60. The van der Waals surface area contributed by atoms with E-state index in [9.17, 15) is 9.90 Å². The topological polar surface area (TPSA) is 72.6 Å². The molecule has 0 fully saturated rings. The van der Waals surface area contributed by atoms with E-state index in [1.807, 2.05) is 18.2 Å². The molecule has 0 atom stereocenters. The molecule has 7 heteroatoms. The first-order valence-corrected chi connectivity index (χ1v) is 8.50. The molecule has 0 amide bonds. The summed E-state index contributed by atoms with van der Waals surface area (Å²) in [4.78, 5) is 15.9. The molecule has 2 aromatic carbocycles. The number of carboxylic acids is 1. The van der Waals surface area contributed by atoms with Crippen molar-refractivity contribution in [2.75, 3.05) is 7.11 Å². The summed E-state index contributed by atoms with van der Waals surface area (Å²) in [5, 5.41) is 9.74. The van der Waals surface area contributed by atoms with Crippen LogP contribution >= 0.6 is 27.7 Å². The molecule has 0 aliphatic heterocycles. The van der Waals surface area contributed by atoms with E-state index in [2.05, 4.69) is 20.9 Å². The van der Waals surface area contributed by atoms with Crippen LogP contribution in [0.25, 0.3) is 17.2 Å². The van der Waals surface area contributed by atoms with Gasteiger partial charge in [-0.1, -0.05) is 18.2 Å². The number of hydrogen-bond acceptors (Lipinski definition) is 5. The summed E-state index contributed by atoms with van der Waals surface area (Å²) in [6.45, 7) is 0. The number of nitrogens with zero attached hydrogens (tertiary/aromatic N) is 1. The number of para-hydroxylation sites is 2. The largest absolute Gasteiger partial charge is 0.496 e. The van der Waals surface area contributed by atoms with Crippen LogP contribution in [0.2, 0.25) is 0 Å². The lowest BCUT2D eigenvalue weighted by atomic mass is 10.2. The van der Waals surface area contributed by atoms with Gasteiger partial charge in [0, 0.05) is 0 Å². The lowest BCUT2D eigenvalue weighted by molar-refractivity contribution is -0.131. The van der Waals surface area contributed by atoms with Crippen molar-refractivity contribution < 1.29 is 19.1 Å². The number of rotatable bonds is 5. The van der Waals surface area contributed by atoms with E-state index in [1.54, 1.807) is 37.5 Å². The van der Waals surface area contributed by atoms with Gasteiger partial charge in [-0.2, -0.15) is 0 Å². The van der Waals surface area contributed by atoms with Crippen LogP contribution in [0, 0.1) is 0 Å². The van der Waals surface area contributed by atoms with Crippen molar-refractivity contribution in [1.82, 2.24) is 4.98 Å². The number of thioether (sulfide) groups is 1. The highest BCUT2D eigenvalue weighted by Crippen LogP contribution is 2.32. The zero-order chi connectivity index (χ0) is 17.1. The molecule has 0 unspecified atom stereocenters. The predicted octanol–water partition coefficient (Wildman–Crippen LogP) is 4.82. The zero-order valence-electron chi connectivity index (χ0n) is 12.5. The van der Waals surface area contributed by atoms with E-state index in [0.29, 0.717) is 16.8 Å². The smallest absolute Gasteiger partial charge is 0.342 e. The monoisotopic (exact) mass is 405 g/mol. The van der Waals surface area contributed by atoms with Gasteiger partial charge in [-0.05, 0) is 63.6 Å². The number of benzene rings is 2. The van der Waals surface area contributed by atoms with E-state index < -0.39 is 5.97 Å². The van der Waals surface area contributed by atoms with Crippen molar-refractivity contribution >= 4 is 50.8 Å². The minimum absolute atomic E-state index is 0.110. The third kappa shape index (κ3) is 3.63. The van der Waals surface area contributed by atoms with Gasteiger partial charge in [-0.15, -0.1) is 0 Å². The van der Waals surface area contributed by atoms with E-state index in [1.165, 1.54) is 0 Å². The molecule has 1 aromatic heterocycles. The van der Waals surface area contributed by atoms with Crippen LogP contribution in [0.1, 0.15) is 5.56 Å². The standard InChI is InChI=1S/C17H12BrNO4S/c1-22-13-7-6-10(8-11(13)18)9-15(16(20)21)24-17-19-12-4-2-3-5-14(12)23-17/h2-9H,1H3,(H,20,21)/b15-9-. The Morgan fingerprint density at radius 2 is 2.12 bits per heavy atom. The minimum Gasteiger partial charge on any atom is -0.496 e. The Labute approximate surface area is 150 Å². The van der Waals surface area contributed by atoms with Crippen molar-refractivity contribution in [2.45, 2.75) is 5.22 Å². The van der Waals surface area contributed by atoms with Crippen molar-refractivity contribution in [1.29, 1.82) is 0 Å². The number of fused-ring (bicyclic) bond motifs is 1. The Balaban J connectivity index is 1.91. The third-order valence-electron chi connectivity index (χ3n) is 3.16. The molecule has 0 radical (unpaired) electrons. The summed E-state index contributed by atoms with van der Waals surface area (Å²) in [5.41, 5.74) is 2.04. The molecule has 1 heterocycles. The second kappa shape index (κ2) is 7.11. The number of methoxy groups -OCH3 is 1. The maximum atomic E-state index is 11.5. The average Bonchev–Trinajstić information content (AvgIpc) is 2.96. The van der Waals surface area contributed by atoms with Crippen LogP contribution in [0.3, 0.4) is 0 Å². The van der Waals surface area contributed by atoms with Gasteiger partial charge in [0.1, 0.15) is 16.2 Å². The maximum absolute atomic E-state index is 11.5. The maximum Gasteiger partial charge on any atom is 0.342 e. The van der Waals surface area contributed by atoms with E-state index in [0.717, 1.165) is 21.8 Å². The second-order valence-electron chi connectivity index (χ2n) is 4.76. The van der Waals surface area contributed by atoms with Crippen LogP contribution in [-0.2, 0) is 4.79 Å². The normalized spacial score (nSPS) is 11.7. The van der Waals surface area contributed by atoms with Gasteiger partial charge < -0.3 is 14.3 Å². The third-order valence-corrected chi connectivity index (χ3v) is 4.64. The SMILES string of the molecule is COc1ccc(/C=C(\Sc2nc3ccccc3o2)C(=O)O)cc1Br. The fourth-order valence-corrected chi connectivity index (χ4v) is 3.35. The first kappa shape index (κ1) is 16.6. The summed E-state index contributed by atoms with van der Waals surface area (Å²) in [6, 6.07) is 12.6. The molecule has 1 N–H and O–H groups in total. The van der Waals surface area contributed by atoms with E-state index >= 15 is 0 Å². The quantitative estimate of drug-likeness (QED) is 0.484. The summed E-state index contributed by atoms with van der Waals surface area (Å²) in [5.74, 6) is -0.371. The molecular weight excluding hydrogens is 394 g/mol. The van der Waals surface area contributed by atoms with Gasteiger partial charge in [0.2, 0.25) is 0 Å². The van der Waals surface area contributed by atoms with E-state index in [4.69, 9.17) is 9.15 Å². The summed E-state index contributed by atoms with van der Waals surface area (Å²) in [7, 11) is 1.57. The summed E-state index contributed by atoms with van der Waals surface area (Å²) < 4.78 is 11.5. The van der Waals surface area contributed by atoms with Crippen molar-refractivity contribution in [3.63, 3.8) is 0 Å². The molecule has 0 saturated carbocycles. The average molecular weight is 406 g/mol. The first-order chi connectivity index (χ1) is 11.6. The van der Waals surface area contributed by atoms with Crippen molar-refractivity contribution in [3.8, 4) is 5.75 Å². The molecule has 3 aromatic rings. The molecule has 3 rings (SSSR count). The predicted molar refractivity (Wildman–Crippen MR) is 96.2 cm³/mol. The fraction of sp³-hybridized carbons (Fsp3) is 0.0588. The van der Waals surface area contributed by atoms with Crippen LogP contribution in [0.5, 0.6) is 5.75 Å². The zero-order valence-corrected chi connectivity index (χ0v) is 14.9. The number of halogens is 1. The molecule has 24 heavy (non-hydrogen) atoms. The number of ether oxygens (including phenoxy) is 1. The highest BCUT2D eigenvalue weighted by Gasteiger charge is 2.15.